The molecule has 0 atom stereocenters. The Morgan fingerprint density at radius 2 is 1.88 bits per heavy atom. The minimum Gasteiger partial charge on any atom is -0.493 e. The number of rotatable bonds is 6. The molecule has 0 bridgehead atoms. The molecule has 4 nitrogen and oxygen atoms in total. The molecule has 0 aromatic heterocycles. The first-order valence-electron chi connectivity index (χ1n) is 5.64. The van der Waals surface area contributed by atoms with Gasteiger partial charge < -0.3 is 10.1 Å². The Morgan fingerprint density at radius 3 is 2.41 bits per heavy atom. The highest BCUT2D eigenvalue weighted by Gasteiger charge is 2.01. The molecule has 0 saturated carbocycles. The van der Waals surface area contributed by atoms with Gasteiger partial charge >= 0.3 is 0 Å². The summed E-state index contributed by atoms with van der Waals surface area (Å²) in [5.41, 5.74) is 0.654. The van der Waals surface area contributed by atoms with Crippen molar-refractivity contribution in [1.82, 2.24) is 5.32 Å². The van der Waals surface area contributed by atoms with Crippen LogP contribution in [0.15, 0.2) is 24.3 Å². The second-order valence-corrected chi connectivity index (χ2v) is 3.63. The van der Waals surface area contributed by atoms with Crippen molar-refractivity contribution in [3.8, 4) is 5.75 Å². The van der Waals surface area contributed by atoms with Crippen LogP contribution in [-0.2, 0) is 4.79 Å². The predicted octanol–water partition coefficient (Wildman–Crippen LogP) is 1.79. The van der Waals surface area contributed by atoms with Gasteiger partial charge in [-0.1, -0.05) is 0 Å². The maximum absolute atomic E-state index is 11.1. The standard InChI is InChI=1S/C13H17NO3/c1-3-14-13(16)8-9-17-12-6-4-11(5-7-12)10(2)15/h4-7H,3,8-9H2,1-2H3,(H,14,16). The molecular weight excluding hydrogens is 218 g/mol. The van der Waals surface area contributed by atoms with Gasteiger partial charge in [-0.05, 0) is 38.1 Å². The van der Waals surface area contributed by atoms with E-state index < -0.39 is 0 Å². The van der Waals surface area contributed by atoms with Crippen molar-refractivity contribution in [3.05, 3.63) is 29.8 Å². The second kappa shape index (κ2) is 6.68. The van der Waals surface area contributed by atoms with Crippen molar-refractivity contribution in [1.29, 1.82) is 0 Å². The summed E-state index contributed by atoms with van der Waals surface area (Å²) in [5, 5.41) is 2.69. The molecule has 0 heterocycles. The van der Waals surface area contributed by atoms with Crippen LogP contribution < -0.4 is 10.1 Å². The Hall–Kier alpha value is -1.84. The third-order valence-corrected chi connectivity index (χ3v) is 2.23. The molecule has 1 amide bonds. The summed E-state index contributed by atoms with van der Waals surface area (Å²) in [6, 6.07) is 6.89. The van der Waals surface area contributed by atoms with Gasteiger partial charge in [0.2, 0.25) is 5.91 Å². The summed E-state index contributed by atoms with van der Waals surface area (Å²) in [6.07, 6.45) is 0.336. The van der Waals surface area contributed by atoms with Crippen molar-refractivity contribution < 1.29 is 14.3 Å². The van der Waals surface area contributed by atoms with E-state index in [1.54, 1.807) is 24.3 Å². The monoisotopic (exact) mass is 235 g/mol. The molecule has 0 aliphatic rings. The highest BCUT2D eigenvalue weighted by molar-refractivity contribution is 5.94. The molecule has 0 spiro atoms. The summed E-state index contributed by atoms with van der Waals surface area (Å²) in [4.78, 5) is 22.2. The SMILES string of the molecule is CCNC(=O)CCOc1ccc(C(C)=O)cc1. The number of amides is 1. The average Bonchev–Trinajstić information content (AvgIpc) is 2.30. The first kappa shape index (κ1) is 13.2. The third kappa shape index (κ3) is 4.68. The lowest BCUT2D eigenvalue weighted by Gasteiger charge is -2.06. The van der Waals surface area contributed by atoms with Gasteiger partial charge in [0.1, 0.15) is 5.75 Å². The Bertz CT molecular complexity index is 384. The zero-order chi connectivity index (χ0) is 12.7. The van der Waals surface area contributed by atoms with E-state index in [-0.39, 0.29) is 11.7 Å². The number of ether oxygens (including phenoxy) is 1. The number of carbonyl (C=O) groups is 2. The number of hydrogen-bond donors (Lipinski definition) is 1. The van der Waals surface area contributed by atoms with Gasteiger partial charge in [0.25, 0.3) is 0 Å². The van der Waals surface area contributed by atoms with E-state index >= 15 is 0 Å². The molecule has 17 heavy (non-hydrogen) atoms. The molecule has 1 rings (SSSR count). The van der Waals surface area contributed by atoms with Gasteiger partial charge in [-0.2, -0.15) is 0 Å². The molecule has 92 valence electrons. The Kier molecular flexibility index (Phi) is 5.20. The fourth-order valence-corrected chi connectivity index (χ4v) is 1.33. The second-order valence-electron chi connectivity index (χ2n) is 3.63. The normalized spacial score (nSPS) is 9.76. The van der Waals surface area contributed by atoms with Crippen LogP contribution in [0.4, 0.5) is 0 Å². The molecule has 0 unspecified atom stereocenters. The molecular formula is C13H17NO3. The van der Waals surface area contributed by atoms with Crippen LogP contribution in [0.3, 0.4) is 0 Å². The van der Waals surface area contributed by atoms with Crippen LogP contribution in [0.1, 0.15) is 30.6 Å². The first-order valence-corrected chi connectivity index (χ1v) is 5.64. The van der Waals surface area contributed by atoms with E-state index in [9.17, 15) is 9.59 Å². The highest BCUT2D eigenvalue weighted by Crippen LogP contribution is 2.12. The third-order valence-electron chi connectivity index (χ3n) is 2.23. The van der Waals surface area contributed by atoms with Gasteiger partial charge in [-0.25, -0.2) is 0 Å². The van der Waals surface area contributed by atoms with Crippen LogP contribution in [0.25, 0.3) is 0 Å². The van der Waals surface area contributed by atoms with Crippen molar-refractivity contribution in [3.63, 3.8) is 0 Å². The molecule has 0 radical (unpaired) electrons. The number of ketones is 1. The fourth-order valence-electron chi connectivity index (χ4n) is 1.33. The van der Waals surface area contributed by atoms with E-state index in [1.165, 1.54) is 6.92 Å². The van der Waals surface area contributed by atoms with E-state index in [4.69, 9.17) is 4.74 Å². The van der Waals surface area contributed by atoms with E-state index in [2.05, 4.69) is 5.32 Å². The summed E-state index contributed by atoms with van der Waals surface area (Å²) in [6.45, 7) is 4.36. The van der Waals surface area contributed by atoms with Crippen molar-refractivity contribution in [2.24, 2.45) is 0 Å². The average molecular weight is 235 g/mol. The predicted molar refractivity (Wildman–Crippen MR) is 65.2 cm³/mol. The maximum atomic E-state index is 11.1. The van der Waals surface area contributed by atoms with Gasteiger partial charge in [-0.15, -0.1) is 0 Å². The maximum Gasteiger partial charge on any atom is 0.223 e. The zero-order valence-corrected chi connectivity index (χ0v) is 10.2. The molecule has 1 aromatic rings. The highest BCUT2D eigenvalue weighted by atomic mass is 16.5. The van der Waals surface area contributed by atoms with Gasteiger partial charge in [0, 0.05) is 12.1 Å². The summed E-state index contributed by atoms with van der Waals surface area (Å²) in [7, 11) is 0. The van der Waals surface area contributed by atoms with E-state index in [0.717, 1.165) is 0 Å². The Morgan fingerprint density at radius 1 is 1.24 bits per heavy atom. The number of Topliss-reactive ketones (excluding diaryl/α,β-unsaturated/α-hetero) is 1. The largest absolute Gasteiger partial charge is 0.493 e. The summed E-state index contributed by atoms with van der Waals surface area (Å²) in [5.74, 6) is 0.672. The van der Waals surface area contributed by atoms with E-state index in [0.29, 0.717) is 30.9 Å². The molecule has 0 aliphatic heterocycles. The van der Waals surface area contributed by atoms with E-state index in [1.807, 2.05) is 6.92 Å². The van der Waals surface area contributed by atoms with Crippen LogP contribution in [0, 0.1) is 0 Å². The molecule has 0 aliphatic carbocycles. The quantitative estimate of drug-likeness (QED) is 0.765. The lowest BCUT2D eigenvalue weighted by Crippen LogP contribution is -2.24. The molecule has 0 fully saturated rings. The van der Waals surface area contributed by atoms with Gasteiger partial charge in [0.05, 0.1) is 13.0 Å². The lowest BCUT2D eigenvalue weighted by atomic mass is 10.1. The number of hydrogen-bond acceptors (Lipinski definition) is 3. The molecule has 1 N–H and O–H groups in total. The zero-order valence-electron chi connectivity index (χ0n) is 10.2. The molecule has 0 saturated heterocycles. The van der Waals surface area contributed by atoms with Crippen LogP contribution in [0.5, 0.6) is 5.75 Å². The van der Waals surface area contributed by atoms with Crippen molar-refractivity contribution in [2.45, 2.75) is 20.3 Å². The Labute approximate surface area is 101 Å². The summed E-state index contributed by atoms with van der Waals surface area (Å²) >= 11 is 0. The lowest BCUT2D eigenvalue weighted by molar-refractivity contribution is -0.121. The van der Waals surface area contributed by atoms with Gasteiger partial charge in [0.15, 0.2) is 5.78 Å². The topological polar surface area (TPSA) is 55.4 Å². The smallest absolute Gasteiger partial charge is 0.223 e. The van der Waals surface area contributed by atoms with Crippen molar-refractivity contribution >= 4 is 11.7 Å². The Balaban J connectivity index is 2.37. The number of benzene rings is 1. The van der Waals surface area contributed by atoms with Crippen LogP contribution in [0.2, 0.25) is 0 Å². The minimum atomic E-state index is -0.0205. The van der Waals surface area contributed by atoms with Crippen LogP contribution in [-0.4, -0.2) is 24.8 Å². The number of carbonyl (C=O) groups excluding carboxylic acids is 2. The first-order chi connectivity index (χ1) is 8.13. The number of nitrogens with one attached hydrogen (secondary N) is 1. The fraction of sp³-hybridized carbons (Fsp3) is 0.385. The van der Waals surface area contributed by atoms with Crippen LogP contribution >= 0.6 is 0 Å². The molecule has 1 aromatic carbocycles. The van der Waals surface area contributed by atoms with Gasteiger partial charge in [-0.3, -0.25) is 9.59 Å². The van der Waals surface area contributed by atoms with Crippen molar-refractivity contribution in [2.75, 3.05) is 13.2 Å². The molecule has 4 heteroatoms. The summed E-state index contributed by atoms with van der Waals surface area (Å²) < 4.78 is 5.39. The minimum absolute atomic E-state index is 0.0205.